The zero-order valence-electron chi connectivity index (χ0n) is 10.7. The van der Waals surface area contributed by atoms with E-state index in [4.69, 9.17) is 23.2 Å². The van der Waals surface area contributed by atoms with Crippen molar-refractivity contribution in [1.29, 1.82) is 0 Å². The molecule has 1 amide bonds. The Balaban J connectivity index is 2.01. The summed E-state index contributed by atoms with van der Waals surface area (Å²) in [5.74, 6) is 0.331. The van der Waals surface area contributed by atoms with E-state index < -0.39 is 0 Å². The number of nitrogens with zero attached hydrogens (tertiary/aromatic N) is 2. The van der Waals surface area contributed by atoms with Crippen LogP contribution in [0, 0.1) is 5.92 Å². The highest BCUT2D eigenvalue weighted by molar-refractivity contribution is 6.42. The van der Waals surface area contributed by atoms with Crippen molar-refractivity contribution < 1.29 is 4.79 Å². The van der Waals surface area contributed by atoms with Gasteiger partial charge in [0.15, 0.2) is 11.0 Å². The van der Waals surface area contributed by atoms with Crippen LogP contribution in [0.15, 0.2) is 6.33 Å². The van der Waals surface area contributed by atoms with Crippen LogP contribution in [0.25, 0.3) is 0 Å². The first-order valence-corrected chi connectivity index (χ1v) is 7.41. The largest absolute Gasteiger partial charge is 0.309 e. The van der Waals surface area contributed by atoms with Gasteiger partial charge >= 0.3 is 0 Å². The van der Waals surface area contributed by atoms with Gasteiger partial charge in [-0.3, -0.25) is 4.79 Å². The van der Waals surface area contributed by atoms with E-state index in [1.807, 2.05) is 0 Å². The molecule has 1 N–H and O–H groups in total. The summed E-state index contributed by atoms with van der Waals surface area (Å²) in [5, 5.41) is 3.12. The number of aromatic nitrogens is 2. The van der Waals surface area contributed by atoms with Crippen molar-refractivity contribution in [3.63, 3.8) is 0 Å². The van der Waals surface area contributed by atoms with Crippen LogP contribution in [0.3, 0.4) is 0 Å². The van der Waals surface area contributed by atoms with Crippen LogP contribution in [-0.2, 0) is 4.79 Å². The van der Waals surface area contributed by atoms with Crippen molar-refractivity contribution in [2.24, 2.45) is 5.92 Å². The molecule has 0 aliphatic heterocycles. The number of nitrogens with one attached hydrogen (secondary N) is 1. The molecule has 0 radical (unpaired) electrons. The molecule has 2 rings (SSSR count). The van der Waals surface area contributed by atoms with E-state index in [1.54, 1.807) is 0 Å². The first-order valence-electron chi connectivity index (χ1n) is 6.65. The third-order valence-corrected chi connectivity index (χ3v) is 4.21. The molecule has 1 saturated carbocycles. The number of anilines is 1. The van der Waals surface area contributed by atoms with Crippen molar-refractivity contribution in [2.75, 3.05) is 5.32 Å². The van der Waals surface area contributed by atoms with E-state index in [0.29, 0.717) is 5.82 Å². The van der Waals surface area contributed by atoms with E-state index in [2.05, 4.69) is 15.3 Å². The molecule has 1 fully saturated rings. The quantitative estimate of drug-likeness (QED) is 0.837. The zero-order valence-corrected chi connectivity index (χ0v) is 12.2. The van der Waals surface area contributed by atoms with Gasteiger partial charge in [0.05, 0.1) is 0 Å². The summed E-state index contributed by atoms with van der Waals surface area (Å²) in [7, 11) is 0. The molecule has 0 bridgehead atoms. The van der Waals surface area contributed by atoms with Gasteiger partial charge < -0.3 is 5.32 Å². The van der Waals surface area contributed by atoms with Crippen LogP contribution in [0.4, 0.5) is 5.82 Å². The monoisotopic (exact) mass is 301 g/mol. The summed E-state index contributed by atoms with van der Waals surface area (Å²) in [6.45, 7) is 0. The molecule has 0 atom stereocenters. The summed E-state index contributed by atoms with van der Waals surface area (Å²) in [6.07, 6.45) is 9.08. The summed E-state index contributed by atoms with van der Waals surface area (Å²) in [4.78, 5) is 19.9. The Labute approximate surface area is 122 Å². The molecule has 104 valence electrons. The molecule has 0 saturated heterocycles. The molecule has 0 unspecified atom stereocenters. The molecule has 1 aromatic heterocycles. The van der Waals surface area contributed by atoms with Crippen LogP contribution in [0.2, 0.25) is 10.2 Å². The van der Waals surface area contributed by atoms with Crippen LogP contribution in [-0.4, -0.2) is 15.9 Å². The Hall–Kier alpha value is -0.870. The van der Waals surface area contributed by atoms with Crippen LogP contribution in [0.1, 0.15) is 44.9 Å². The maximum absolute atomic E-state index is 12.2. The molecule has 0 spiro atoms. The molecule has 4 nitrogen and oxygen atoms in total. The second-order valence-electron chi connectivity index (χ2n) is 4.86. The summed E-state index contributed by atoms with van der Waals surface area (Å²) < 4.78 is 0. The fourth-order valence-corrected chi connectivity index (χ4v) is 2.65. The number of halogens is 2. The van der Waals surface area contributed by atoms with E-state index in [-0.39, 0.29) is 22.0 Å². The Morgan fingerprint density at radius 2 is 1.74 bits per heavy atom. The minimum Gasteiger partial charge on any atom is -0.309 e. The maximum Gasteiger partial charge on any atom is 0.228 e. The lowest BCUT2D eigenvalue weighted by atomic mass is 9.90. The number of carbonyl (C=O) groups excluding carboxylic acids is 1. The SMILES string of the molecule is O=C(Nc1ncnc(Cl)c1Cl)C1CCCCCCC1. The van der Waals surface area contributed by atoms with E-state index in [9.17, 15) is 4.79 Å². The number of hydrogen-bond donors (Lipinski definition) is 1. The number of carbonyl (C=O) groups is 1. The third-order valence-electron chi connectivity index (χ3n) is 3.46. The topological polar surface area (TPSA) is 54.9 Å². The van der Waals surface area contributed by atoms with Crippen molar-refractivity contribution in [3.8, 4) is 0 Å². The number of hydrogen-bond acceptors (Lipinski definition) is 3. The first kappa shape index (κ1) is 14.5. The Morgan fingerprint density at radius 1 is 1.11 bits per heavy atom. The number of amides is 1. The van der Waals surface area contributed by atoms with Crippen molar-refractivity contribution >= 4 is 34.9 Å². The minimum absolute atomic E-state index is 0.0152. The lowest BCUT2D eigenvalue weighted by Gasteiger charge is -2.19. The van der Waals surface area contributed by atoms with Gasteiger partial charge in [0.2, 0.25) is 5.91 Å². The van der Waals surface area contributed by atoms with E-state index in [1.165, 1.54) is 25.6 Å². The molecule has 1 aliphatic carbocycles. The van der Waals surface area contributed by atoms with Gasteiger partial charge in [0, 0.05) is 5.92 Å². The Morgan fingerprint density at radius 3 is 2.42 bits per heavy atom. The van der Waals surface area contributed by atoms with Gasteiger partial charge in [-0.05, 0) is 12.8 Å². The zero-order chi connectivity index (χ0) is 13.7. The van der Waals surface area contributed by atoms with Crippen LogP contribution in [0.5, 0.6) is 0 Å². The molecule has 1 heterocycles. The second-order valence-corrected chi connectivity index (χ2v) is 5.59. The Kier molecular flexibility index (Phi) is 5.40. The predicted molar refractivity (Wildman–Crippen MR) is 76.5 cm³/mol. The lowest BCUT2D eigenvalue weighted by molar-refractivity contribution is -0.120. The molecule has 1 aliphatic rings. The smallest absolute Gasteiger partial charge is 0.228 e. The fraction of sp³-hybridized carbons (Fsp3) is 0.615. The highest BCUT2D eigenvalue weighted by atomic mass is 35.5. The maximum atomic E-state index is 12.2. The van der Waals surface area contributed by atoms with Crippen molar-refractivity contribution in [3.05, 3.63) is 16.5 Å². The van der Waals surface area contributed by atoms with Gasteiger partial charge in [-0.15, -0.1) is 0 Å². The molecule has 0 aromatic carbocycles. The molecule has 6 heteroatoms. The lowest BCUT2D eigenvalue weighted by Crippen LogP contribution is -2.24. The number of rotatable bonds is 2. The standard InChI is InChI=1S/C13H17Cl2N3O/c14-10-11(15)16-8-17-12(10)18-13(19)9-6-4-2-1-3-5-7-9/h8-9H,1-7H2,(H,16,17,18,19). The third kappa shape index (κ3) is 4.05. The van der Waals surface area contributed by atoms with Gasteiger partial charge in [0.1, 0.15) is 11.3 Å². The van der Waals surface area contributed by atoms with E-state index >= 15 is 0 Å². The molecule has 19 heavy (non-hydrogen) atoms. The summed E-state index contributed by atoms with van der Waals surface area (Å²) >= 11 is 11.8. The van der Waals surface area contributed by atoms with Gasteiger partial charge in [-0.25, -0.2) is 9.97 Å². The fourth-order valence-electron chi connectivity index (χ4n) is 2.37. The Bertz CT molecular complexity index is 446. The molecular weight excluding hydrogens is 285 g/mol. The van der Waals surface area contributed by atoms with E-state index in [0.717, 1.165) is 25.7 Å². The van der Waals surface area contributed by atoms with Crippen LogP contribution < -0.4 is 5.32 Å². The summed E-state index contributed by atoms with van der Waals surface area (Å²) in [6, 6.07) is 0. The highest BCUT2D eigenvalue weighted by Gasteiger charge is 2.21. The van der Waals surface area contributed by atoms with Crippen LogP contribution >= 0.6 is 23.2 Å². The van der Waals surface area contributed by atoms with Gasteiger partial charge in [0.25, 0.3) is 0 Å². The molecular formula is C13H17Cl2N3O. The van der Waals surface area contributed by atoms with Gasteiger partial charge in [-0.1, -0.05) is 55.3 Å². The van der Waals surface area contributed by atoms with Crippen molar-refractivity contribution in [2.45, 2.75) is 44.9 Å². The normalized spacial score (nSPS) is 17.6. The second kappa shape index (κ2) is 7.06. The highest BCUT2D eigenvalue weighted by Crippen LogP contribution is 2.27. The minimum atomic E-state index is -0.0152. The average Bonchev–Trinajstić information content (AvgIpc) is 2.34. The molecule has 1 aromatic rings. The first-order chi connectivity index (χ1) is 9.18. The average molecular weight is 302 g/mol. The summed E-state index contributed by atoms with van der Waals surface area (Å²) in [5.41, 5.74) is 0. The van der Waals surface area contributed by atoms with Crippen molar-refractivity contribution in [1.82, 2.24) is 9.97 Å². The van der Waals surface area contributed by atoms with Gasteiger partial charge in [-0.2, -0.15) is 0 Å². The predicted octanol–water partition coefficient (Wildman–Crippen LogP) is 4.08.